The van der Waals surface area contributed by atoms with Gasteiger partial charge in [-0.25, -0.2) is 9.37 Å². The maximum absolute atomic E-state index is 15.2. The fourth-order valence-corrected chi connectivity index (χ4v) is 7.23. The van der Waals surface area contributed by atoms with Crippen LogP contribution in [0.3, 0.4) is 0 Å². The van der Waals surface area contributed by atoms with Crippen LogP contribution in [0.4, 0.5) is 10.1 Å². The van der Waals surface area contributed by atoms with Crippen LogP contribution in [0.5, 0.6) is 0 Å². The predicted molar refractivity (Wildman–Crippen MR) is 152 cm³/mol. The number of alkyl halides is 1. The Labute approximate surface area is 247 Å². The Bertz CT molecular complexity index is 1480. The van der Waals surface area contributed by atoms with Gasteiger partial charge in [0.15, 0.2) is 0 Å². The Morgan fingerprint density at radius 3 is 2.65 bits per heavy atom. The van der Waals surface area contributed by atoms with E-state index in [4.69, 9.17) is 0 Å². The van der Waals surface area contributed by atoms with Gasteiger partial charge in [-0.1, -0.05) is 0 Å². The summed E-state index contributed by atoms with van der Waals surface area (Å²) in [7, 11) is 1.61. The molecule has 43 heavy (non-hydrogen) atoms. The molecule has 14 heteroatoms. The molecule has 2 aromatic rings. The third-order valence-corrected chi connectivity index (χ3v) is 8.98. The molecule has 13 nitrogen and oxygen atoms in total. The Hall–Kier alpha value is -4.07. The number of aryl methyl sites for hydroxylation is 1. The maximum atomic E-state index is 15.2. The number of aliphatic hydroxyl groups excluding tert-OH is 1. The molecule has 4 saturated carbocycles. The Balaban J connectivity index is 1.25. The van der Waals surface area contributed by atoms with Crippen LogP contribution in [0.25, 0.3) is 0 Å². The summed E-state index contributed by atoms with van der Waals surface area (Å²) in [4.78, 5) is 68.3. The first-order valence-corrected chi connectivity index (χ1v) is 14.6. The number of hydrogen-bond donors (Lipinski definition) is 5. The van der Waals surface area contributed by atoms with Gasteiger partial charge in [-0.15, -0.1) is 0 Å². The zero-order valence-corrected chi connectivity index (χ0v) is 24.3. The van der Waals surface area contributed by atoms with E-state index in [9.17, 15) is 29.1 Å². The molecule has 4 aliphatic rings. The zero-order valence-electron chi connectivity index (χ0n) is 24.3. The molecule has 4 fully saturated rings. The number of anilines is 1. The Kier molecular flexibility index (Phi) is 8.41. The van der Waals surface area contributed by atoms with Crippen molar-refractivity contribution >= 4 is 29.3 Å². The van der Waals surface area contributed by atoms with Crippen molar-refractivity contribution in [3.8, 4) is 0 Å². The van der Waals surface area contributed by atoms with Gasteiger partial charge in [-0.05, 0) is 69.4 Å². The molecule has 4 aliphatic carbocycles. The van der Waals surface area contributed by atoms with Gasteiger partial charge in [0.25, 0.3) is 11.5 Å². The standard InChI is InChI=1S/C29H38FN7O6/c1-3-32-26(42)22(38)7-6-19(33-25(41)21-13-31-16-36(21)2)24(40)34-20-5-4-8-37(27(20)43)14-23(39)35-28-10-17-9-18(12-28)29(30,11-17)15-28/h4-5,8,13,16-19,22,38H,3,6-7,9-12,14-15H2,1-2H3,(H,32,42)(H,33,41)(H,34,40)(H,35,39)/t17?,18?,19-,22?,28?,29?/m0/s1. The van der Waals surface area contributed by atoms with Gasteiger partial charge in [-0.3, -0.25) is 24.0 Å². The summed E-state index contributed by atoms with van der Waals surface area (Å²) >= 11 is 0. The molecule has 6 rings (SSSR count). The lowest BCUT2D eigenvalue weighted by Crippen LogP contribution is -2.52. The van der Waals surface area contributed by atoms with Crippen molar-refractivity contribution in [2.45, 2.75) is 81.8 Å². The van der Waals surface area contributed by atoms with E-state index in [0.717, 1.165) is 17.4 Å². The number of carbonyl (C=O) groups excluding carboxylic acids is 4. The maximum Gasteiger partial charge on any atom is 0.274 e. The van der Waals surface area contributed by atoms with E-state index < -0.39 is 52.5 Å². The van der Waals surface area contributed by atoms with Crippen LogP contribution >= 0.6 is 0 Å². The van der Waals surface area contributed by atoms with E-state index in [2.05, 4.69) is 26.3 Å². The van der Waals surface area contributed by atoms with Gasteiger partial charge in [-0.2, -0.15) is 0 Å². The minimum absolute atomic E-state index is 0.0266. The number of pyridine rings is 1. The highest BCUT2D eigenvalue weighted by Crippen LogP contribution is 2.63. The van der Waals surface area contributed by atoms with Crippen LogP contribution in [0.1, 0.15) is 62.4 Å². The van der Waals surface area contributed by atoms with Crippen LogP contribution in [0, 0.1) is 11.8 Å². The van der Waals surface area contributed by atoms with Gasteiger partial charge >= 0.3 is 0 Å². The molecule has 232 valence electrons. The van der Waals surface area contributed by atoms with Gasteiger partial charge in [0.2, 0.25) is 17.7 Å². The van der Waals surface area contributed by atoms with Crippen molar-refractivity contribution < 1.29 is 28.7 Å². The minimum Gasteiger partial charge on any atom is -0.383 e. The van der Waals surface area contributed by atoms with Gasteiger partial charge in [0.05, 0.1) is 12.5 Å². The lowest BCUT2D eigenvalue weighted by Gasteiger charge is -2.39. The summed E-state index contributed by atoms with van der Waals surface area (Å²) in [6.45, 7) is 1.71. The summed E-state index contributed by atoms with van der Waals surface area (Å²) < 4.78 is 17.9. The molecular formula is C29H38FN7O6. The number of hydrogen-bond acceptors (Lipinski definition) is 7. The molecule has 0 radical (unpaired) electrons. The van der Waals surface area contributed by atoms with E-state index in [1.54, 1.807) is 14.0 Å². The third-order valence-electron chi connectivity index (χ3n) is 8.98. The molecule has 4 amide bonds. The van der Waals surface area contributed by atoms with Crippen LogP contribution < -0.4 is 26.8 Å². The molecule has 0 aromatic carbocycles. The first-order chi connectivity index (χ1) is 20.4. The number of rotatable bonds is 12. The first kappa shape index (κ1) is 30.4. The van der Waals surface area contributed by atoms with Crippen molar-refractivity contribution in [1.29, 1.82) is 0 Å². The largest absolute Gasteiger partial charge is 0.383 e. The molecule has 5 N–H and O–H groups in total. The fraction of sp³-hybridized carbons (Fsp3) is 0.586. The molecule has 4 bridgehead atoms. The van der Waals surface area contributed by atoms with E-state index in [1.807, 2.05) is 0 Å². The second-order valence-electron chi connectivity index (χ2n) is 12.2. The molecule has 0 saturated heterocycles. The van der Waals surface area contributed by atoms with E-state index in [1.165, 1.54) is 35.4 Å². The topological polar surface area (TPSA) is 176 Å². The lowest BCUT2D eigenvalue weighted by molar-refractivity contribution is -0.130. The summed E-state index contributed by atoms with van der Waals surface area (Å²) in [6, 6.07) is 1.66. The number of imidazole rings is 1. The van der Waals surface area contributed by atoms with Crippen LogP contribution in [0.15, 0.2) is 35.6 Å². The molecular weight excluding hydrogens is 561 g/mol. The highest BCUT2D eigenvalue weighted by molar-refractivity contribution is 6.00. The van der Waals surface area contributed by atoms with Gasteiger partial charge in [0.1, 0.15) is 35.7 Å². The SMILES string of the molecule is CCNC(=O)C(O)CC[C@H](NC(=O)c1cncn1C)C(=O)Nc1cccn(CC(=O)NC23CC4CC(C2)C(F)(C4)C3)c1=O. The molecule has 2 heterocycles. The number of halogens is 1. The zero-order chi connectivity index (χ0) is 30.9. The number of nitrogens with one attached hydrogen (secondary N) is 4. The average molecular weight is 600 g/mol. The molecule has 5 unspecified atom stereocenters. The smallest absolute Gasteiger partial charge is 0.274 e. The van der Waals surface area contributed by atoms with Crippen LogP contribution in [0.2, 0.25) is 0 Å². The van der Waals surface area contributed by atoms with Crippen molar-refractivity contribution in [2.75, 3.05) is 11.9 Å². The molecule has 6 atom stereocenters. The monoisotopic (exact) mass is 599 g/mol. The van der Waals surface area contributed by atoms with E-state index >= 15 is 4.39 Å². The first-order valence-electron chi connectivity index (χ1n) is 14.6. The predicted octanol–water partition coefficient (Wildman–Crippen LogP) is 0.383. The van der Waals surface area contributed by atoms with Gasteiger partial charge in [0, 0.05) is 31.7 Å². The number of likely N-dealkylation sites (N-methyl/N-ethyl adjacent to an activating group) is 1. The highest BCUT2D eigenvalue weighted by Gasteiger charge is 2.65. The van der Waals surface area contributed by atoms with Crippen LogP contribution in [-0.2, 0) is 28.0 Å². The minimum atomic E-state index is -1.41. The fourth-order valence-electron chi connectivity index (χ4n) is 7.23. The van der Waals surface area contributed by atoms with E-state index in [0.29, 0.717) is 25.8 Å². The molecule has 2 aromatic heterocycles. The summed E-state index contributed by atoms with van der Waals surface area (Å²) in [5.41, 5.74) is -2.37. The number of carbonyl (C=O) groups is 4. The second-order valence-corrected chi connectivity index (χ2v) is 12.2. The molecule has 0 spiro atoms. The number of amides is 4. The quantitative estimate of drug-likeness (QED) is 0.234. The Morgan fingerprint density at radius 1 is 1.19 bits per heavy atom. The van der Waals surface area contributed by atoms with Crippen LogP contribution in [-0.4, -0.2) is 72.8 Å². The number of nitrogens with zero attached hydrogens (tertiary/aromatic N) is 3. The second kappa shape index (κ2) is 11.9. The van der Waals surface area contributed by atoms with Crippen molar-refractivity contribution in [3.05, 3.63) is 46.9 Å². The normalized spacial score (nSPS) is 26.5. The Morgan fingerprint density at radius 2 is 1.98 bits per heavy atom. The number of aromatic nitrogens is 3. The lowest BCUT2D eigenvalue weighted by atomic mass is 9.75. The van der Waals surface area contributed by atoms with Crippen molar-refractivity contribution in [1.82, 2.24) is 30.1 Å². The highest BCUT2D eigenvalue weighted by atomic mass is 19.1. The summed E-state index contributed by atoms with van der Waals surface area (Å²) in [5.74, 6) is -2.13. The molecule has 0 aliphatic heterocycles. The number of aliphatic hydroxyl groups is 1. The summed E-state index contributed by atoms with van der Waals surface area (Å²) in [6.07, 6.45) is 5.58. The summed E-state index contributed by atoms with van der Waals surface area (Å²) in [5, 5.41) is 20.8. The van der Waals surface area contributed by atoms with E-state index in [-0.39, 0.29) is 42.6 Å². The van der Waals surface area contributed by atoms with Gasteiger partial charge < -0.3 is 35.5 Å². The average Bonchev–Trinajstić information content (AvgIpc) is 3.53. The van der Waals surface area contributed by atoms with Crippen molar-refractivity contribution in [2.24, 2.45) is 18.9 Å². The van der Waals surface area contributed by atoms with Crippen molar-refractivity contribution in [3.63, 3.8) is 0 Å². The third kappa shape index (κ3) is 6.33.